The third kappa shape index (κ3) is 7.32. The molecule has 0 radical (unpaired) electrons. The standard InChI is InChI=1S/C27H27Cl2NO7S/c28-19-7-9-21(10-8-19)35-14-3-15-36-26-12-11-22(17-25(26)27(31)32)37-23-5-2-13-30(18-23)38(33,34)24-6-1-4-20(29)16-24/h1,4,6-12,16-17,23H,2-3,5,13-15,18H2,(H,31,32)/t23-/m1/s1. The fourth-order valence-electron chi connectivity index (χ4n) is 4.03. The van der Waals surface area contributed by atoms with Crippen LogP contribution < -0.4 is 14.2 Å². The molecule has 1 fully saturated rings. The summed E-state index contributed by atoms with van der Waals surface area (Å²) in [6, 6.07) is 17.7. The first-order valence-electron chi connectivity index (χ1n) is 12.0. The first-order valence-corrected chi connectivity index (χ1v) is 14.2. The molecule has 3 aromatic rings. The number of hydrogen-bond acceptors (Lipinski definition) is 6. The molecule has 0 amide bonds. The molecular weight excluding hydrogens is 553 g/mol. The van der Waals surface area contributed by atoms with Gasteiger partial charge in [0.05, 0.1) is 24.7 Å². The van der Waals surface area contributed by atoms with Crippen molar-refractivity contribution in [2.24, 2.45) is 0 Å². The minimum atomic E-state index is -3.73. The number of hydrogen-bond donors (Lipinski definition) is 1. The van der Waals surface area contributed by atoms with Crippen LogP contribution >= 0.6 is 23.2 Å². The topological polar surface area (TPSA) is 102 Å². The van der Waals surface area contributed by atoms with Crippen LogP contribution in [0.25, 0.3) is 0 Å². The van der Waals surface area contributed by atoms with Gasteiger partial charge in [-0.25, -0.2) is 13.2 Å². The summed E-state index contributed by atoms with van der Waals surface area (Å²) in [5.41, 5.74) is -0.0414. The maximum atomic E-state index is 13.1. The molecule has 8 nitrogen and oxygen atoms in total. The number of sulfonamides is 1. The van der Waals surface area contributed by atoms with Gasteiger partial charge in [-0.1, -0.05) is 29.3 Å². The zero-order valence-electron chi connectivity index (χ0n) is 20.4. The molecule has 1 N–H and O–H groups in total. The van der Waals surface area contributed by atoms with Crippen LogP contribution in [0.1, 0.15) is 29.6 Å². The Morgan fingerprint density at radius 1 is 0.947 bits per heavy atom. The molecule has 202 valence electrons. The molecule has 0 saturated carbocycles. The summed E-state index contributed by atoms with van der Waals surface area (Å²) >= 11 is 11.8. The van der Waals surface area contributed by atoms with Gasteiger partial charge in [0.2, 0.25) is 10.0 Å². The summed E-state index contributed by atoms with van der Waals surface area (Å²) < 4.78 is 44.8. The normalized spacial score (nSPS) is 16.1. The monoisotopic (exact) mass is 579 g/mol. The van der Waals surface area contributed by atoms with E-state index in [0.717, 1.165) is 0 Å². The number of halogens is 2. The molecule has 0 bridgehead atoms. The molecule has 1 aliphatic heterocycles. The second-order valence-electron chi connectivity index (χ2n) is 8.67. The lowest BCUT2D eigenvalue weighted by atomic mass is 10.1. The van der Waals surface area contributed by atoms with Gasteiger partial charge in [-0.3, -0.25) is 0 Å². The van der Waals surface area contributed by atoms with Gasteiger partial charge in [-0.2, -0.15) is 4.31 Å². The highest BCUT2D eigenvalue weighted by molar-refractivity contribution is 7.89. The Balaban J connectivity index is 1.34. The van der Waals surface area contributed by atoms with Crippen LogP contribution in [0.4, 0.5) is 0 Å². The van der Waals surface area contributed by atoms with E-state index in [9.17, 15) is 18.3 Å². The second-order valence-corrected chi connectivity index (χ2v) is 11.5. The van der Waals surface area contributed by atoms with Gasteiger partial charge in [0.1, 0.15) is 28.9 Å². The number of rotatable bonds is 11. The number of nitrogens with zero attached hydrogens (tertiary/aromatic N) is 1. The van der Waals surface area contributed by atoms with Gasteiger partial charge in [-0.05, 0) is 73.5 Å². The minimum Gasteiger partial charge on any atom is -0.493 e. The predicted molar refractivity (Wildman–Crippen MR) is 144 cm³/mol. The first-order chi connectivity index (χ1) is 18.2. The maximum absolute atomic E-state index is 13.1. The van der Waals surface area contributed by atoms with Crippen molar-refractivity contribution < 1.29 is 32.5 Å². The van der Waals surface area contributed by atoms with E-state index >= 15 is 0 Å². The molecule has 0 aliphatic carbocycles. The molecular formula is C27H27Cl2NO7S. The summed E-state index contributed by atoms with van der Waals surface area (Å²) in [5, 5.41) is 10.7. The number of aromatic carboxylic acids is 1. The van der Waals surface area contributed by atoms with E-state index in [1.165, 1.54) is 22.5 Å². The Morgan fingerprint density at radius 2 is 1.68 bits per heavy atom. The van der Waals surface area contributed by atoms with Gasteiger partial charge >= 0.3 is 5.97 Å². The lowest BCUT2D eigenvalue weighted by molar-refractivity contribution is 0.0690. The maximum Gasteiger partial charge on any atom is 0.339 e. The molecule has 38 heavy (non-hydrogen) atoms. The number of carboxylic acid groups (broad SMARTS) is 1. The zero-order valence-corrected chi connectivity index (χ0v) is 22.7. The lowest BCUT2D eigenvalue weighted by Crippen LogP contribution is -2.44. The molecule has 1 atom stereocenters. The van der Waals surface area contributed by atoms with E-state index in [-0.39, 0.29) is 29.4 Å². The summed E-state index contributed by atoms with van der Waals surface area (Å²) in [5.74, 6) is 0.0680. The van der Waals surface area contributed by atoms with Crippen molar-refractivity contribution in [2.45, 2.75) is 30.3 Å². The van der Waals surface area contributed by atoms with E-state index in [0.29, 0.717) is 54.0 Å². The van der Waals surface area contributed by atoms with Crippen molar-refractivity contribution in [2.75, 3.05) is 26.3 Å². The summed E-state index contributed by atoms with van der Waals surface area (Å²) in [6.45, 7) is 1.15. The third-order valence-corrected chi connectivity index (χ3v) is 8.24. The molecule has 1 aliphatic rings. The highest BCUT2D eigenvalue weighted by atomic mass is 35.5. The van der Waals surface area contributed by atoms with Crippen molar-refractivity contribution in [3.63, 3.8) is 0 Å². The van der Waals surface area contributed by atoms with E-state index in [1.54, 1.807) is 48.5 Å². The van der Waals surface area contributed by atoms with Crippen LogP contribution in [0.3, 0.4) is 0 Å². The van der Waals surface area contributed by atoms with Crippen molar-refractivity contribution in [3.8, 4) is 17.2 Å². The number of carbonyl (C=O) groups is 1. The van der Waals surface area contributed by atoms with Gasteiger partial charge < -0.3 is 19.3 Å². The van der Waals surface area contributed by atoms with Crippen LogP contribution in [0, 0.1) is 0 Å². The van der Waals surface area contributed by atoms with Crippen molar-refractivity contribution >= 4 is 39.2 Å². The molecule has 4 rings (SSSR count). The highest BCUT2D eigenvalue weighted by Gasteiger charge is 2.31. The molecule has 0 aromatic heterocycles. The van der Waals surface area contributed by atoms with Crippen LogP contribution in [0.2, 0.25) is 10.0 Å². The fraction of sp³-hybridized carbons (Fsp3) is 0.296. The quantitative estimate of drug-likeness (QED) is 0.287. The Kier molecular flexibility index (Phi) is 9.38. The summed E-state index contributed by atoms with van der Waals surface area (Å²) in [7, 11) is -3.73. The van der Waals surface area contributed by atoms with Gasteiger partial charge in [0.15, 0.2) is 0 Å². The fourth-order valence-corrected chi connectivity index (χ4v) is 5.96. The van der Waals surface area contributed by atoms with E-state index in [4.69, 9.17) is 37.4 Å². The average Bonchev–Trinajstić information content (AvgIpc) is 2.90. The highest BCUT2D eigenvalue weighted by Crippen LogP contribution is 2.28. The first kappa shape index (κ1) is 28.0. The third-order valence-electron chi connectivity index (χ3n) is 5.89. The average molecular weight is 580 g/mol. The van der Waals surface area contributed by atoms with Crippen LogP contribution in [-0.4, -0.2) is 56.2 Å². The zero-order chi connectivity index (χ0) is 27.1. The van der Waals surface area contributed by atoms with Crippen molar-refractivity contribution in [1.82, 2.24) is 4.31 Å². The summed E-state index contributed by atoms with van der Waals surface area (Å²) in [6.07, 6.45) is 1.35. The van der Waals surface area contributed by atoms with Crippen LogP contribution in [0.5, 0.6) is 17.2 Å². The summed E-state index contributed by atoms with van der Waals surface area (Å²) in [4.78, 5) is 12.0. The number of ether oxygens (including phenoxy) is 3. The van der Waals surface area contributed by atoms with Gasteiger partial charge in [0, 0.05) is 23.0 Å². The van der Waals surface area contributed by atoms with Gasteiger partial charge in [0.25, 0.3) is 0 Å². The van der Waals surface area contributed by atoms with Crippen LogP contribution in [0.15, 0.2) is 71.6 Å². The Morgan fingerprint density at radius 3 is 2.42 bits per heavy atom. The molecule has 11 heteroatoms. The number of benzene rings is 3. The van der Waals surface area contributed by atoms with Gasteiger partial charge in [-0.15, -0.1) is 0 Å². The largest absolute Gasteiger partial charge is 0.493 e. The second kappa shape index (κ2) is 12.7. The Labute approximate surface area is 231 Å². The molecule has 1 saturated heterocycles. The Bertz CT molecular complexity index is 1370. The SMILES string of the molecule is O=C(O)c1cc(O[C@@H]2CCCN(S(=O)(=O)c3cccc(Cl)c3)C2)ccc1OCCCOc1ccc(Cl)cc1. The predicted octanol–water partition coefficient (Wildman–Crippen LogP) is 5.77. The van der Waals surface area contributed by atoms with E-state index in [1.807, 2.05) is 0 Å². The lowest BCUT2D eigenvalue weighted by Gasteiger charge is -2.32. The van der Waals surface area contributed by atoms with Crippen molar-refractivity contribution in [1.29, 1.82) is 0 Å². The smallest absolute Gasteiger partial charge is 0.339 e. The minimum absolute atomic E-state index is 0.0414. The van der Waals surface area contributed by atoms with Crippen LogP contribution in [-0.2, 0) is 10.0 Å². The van der Waals surface area contributed by atoms with E-state index < -0.39 is 22.1 Å². The Hall–Kier alpha value is -2.98. The number of piperidine rings is 1. The number of carboxylic acids is 1. The molecule has 1 heterocycles. The molecule has 0 unspecified atom stereocenters. The molecule has 3 aromatic carbocycles. The molecule has 0 spiro atoms. The van der Waals surface area contributed by atoms with Crippen molar-refractivity contribution in [3.05, 3.63) is 82.3 Å². The van der Waals surface area contributed by atoms with E-state index in [2.05, 4.69) is 0 Å².